The van der Waals surface area contributed by atoms with Crippen LogP contribution < -0.4 is 0 Å². The zero-order valence-corrected chi connectivity index (χ0v) is 13.3. The van der Waals surface area contributed by atoms with Crippen molar-refractivity contribution in [1.82, 2.24) is 4.98 Å². The van der Waals surface area contributed by atoms with Crippen molar-refractivity contribution in [2.24, 2.45) is 0 Å². The minimum atomic E-state index is -0.373. The summed E-state index contributed by atoms with van der Waals surface area (Å²) in [5.41, 5.74) is 3.02. The van der Waals surface area contributed by atoms with Crippen LogP contribution in [-0.4, -0.2) is 23.2 Å². The van der Waals surface area contributed by atoms with E-state index in [0.717, 1.165) is 27.6 Å². The third kappa shape index (κ3) is 3.60. The van der Waals surface area contributed by atoms with E-state index in [-0.39, 0.29) is 11.7 Å². The lowest BCUT2D eigenvalue weighted by Crippen LogP contribution is -1.94. The number of fused-ring (bicyclic) bond motifs is 1. The number of hydrogen-bond donors (Lipinski definition) is 1. The minimum Gasteiger partial charge on any atom is -0.508 e. The highest BCUT2D eigenvalue weighted by Gasteiger charge is 2.05. The largest absolute Gasteiger partial charge is 0.508 e. The molecule has 0 saturated carbocycles. The fourth-order valence-electron chi connectivity index (χ4n) is 2.54. The van der Waals surface area contributed by atoms with Crippen LogP contribution in [-0.2, 0) is 16.0 Å². The number of pyridine rings is 1. The summed E-state index contributed by atoms with van der Waals surface area (Å²) >= 11 is 0. The molecule has 0 atom stereocenters. The summed E-state index contributed by atoms with van der Waals surface area (Å²) < 4.78 is 4.57. The molecule has 0 aliphatic heterocycles. The average Bonchev–Trinajstić information content (AvgIpc) is 2.60. The molecule has 1 heterocycles. The molecule has 0 saturated heterocycles. The van der Waals surface area contributed by atoms with E-state index in [9.17, 15) is 9.90 Å². The van der Waals surface area contributed by atoms with E-state index >= 15 is 0 Å². The zero-order valence-electron chi connectivity index (χ0n) is 13.3. The molecule has 0 unspecified atom stereocenters. The van der Waals surface area contributed by atoms with Crippen molar-refractivity contribution in [1.29, 1.82) is 0 Å². The number of phenolic OH excluding ortho intramolecular Hbond substituents is 1. The molecule has 3 aromatic rings. The van der Waals surface area contributed by atoms with Gasteiger partial charge in [-0.25, -0.2) is 4.79 Å². The first kappa shape index (κ1) is 15.7. The Morgan fingerprint density at radius 3 is 2.71 bits per heavy atom. The van der Waals surface area contributed by atoms with E-state index in [1.165, 1.54) is 13.2 Å². The van der Waals surface area contributed by atoms with Crippen molar-refractivity contribution in [2.45, 2.75) is 6.42 Å². The summed E-state index contributed by atoms with van der Waals surface area (Å²) in [5.74, 6) is -0.122. The normalized spacial score (nSPS) is 11.0. The van der Waals surface area contributed by atoms with Crippen molar-refractivity contribution >= 4 is 22.8 Å². The molecule has 24 heavy (non-hydrogen) atoms. The monoisotopic (exact) mass is 319 g/mol. The molecule has 0 radical (unpaired) electrons. The second-order valence-corrected chi connectivity index (χ2v) is 5.44. The van der Waals surface area contributed by atoms with Crippen molar-refractivity contribution in [2.75, 3.05) is 7.11 Å². The number of ether oxygens (including phenoxy) is 1. The van der Waals surface area contributed by atoms with Gasteiger partial charge in [-0.15, -0.1) is 0 Å². The molecule has 0 bridgehead atoms. The predicted molar refractivity (Wildman–Crippen MR) is 93.7 cm³/mol. The maximum Gasteiger partial charge on any atom is 0.330 e. The number of carbonyl (C=O) groups is 1. The lowest BCUT2D eigenvalue weighted by atomic mass is 10.0. The van der Waals surface area contributed by atoms with E-state index in [1.54, 1.807) is 24.4 Å². The van der Waals surface area contributed by atoms with E-state index in [2.05, 4.69) is 9.72 Å². The minimum absolute atomic E-state index is 0.251. The summed E-state index contributed by atoms with van der Waals surface area (Å²) in [6, 6.07) is 15.1. The number of esters is 1. The van der Waals surface area contributed by atoms with Gasteiger partial charge < -0.3 is 9.84 Å². The van der Waals surface area contributed by atoms with Crippen LogP contribution in [0, 0.1) is 0 Å². The molecule has 1 aromatic heterocycles. The Morgan fingerprint density at radius 2 is 1.96 bits per heavy atom. The fraction of sp³-hybridized carbons (Fsp3) is 0.100. The maximum absolute atomic E-state index is 11.1. The zero-order chi connectivity index (χ0) is 16.9. The number of rotatable bonds is 4. The van der Waals surface area contributed by atoms with Crippen LogP contribution in [0.1, 0.15) is 16.8 Å². The van der Waals surface area contributed by atoms with Crippen LogP contribution in [0.15, 0.2) is 60.8 Å². The number of aromatic hydroxyl groups is 1. The lowest BCUT2D eigenvalue weighted by Gasteiger charge is -2.07. The van der Waals surface area contributed by atoms with Gasteiger partial charge in [0.15, 0.2) is 0 Å². The third-order valence-electron chi connectivity index (χ3n) is 3.79. The standard InChI is InChI=1S/C20H17NO3/c1-24-20(23)9-6-14-2-4-15(5-3-14)12-19-18-8-7-17(22)13-16(18)10-11-21-19/h2-11,13,22H,12H2,1H3/b9-6+. The van der Waals surface area contributed by atoms with E-state index in [4.69, 9.17) is 0 Å². The van der Waals surface area contributed by atoms with Crippen molar-refractivity contribution in [3.8, 4) is 5.75 Å². The number of hydrogen-bond acceptors (Lipinski definition) is 4. The van der Waals surface area contributed by atoms with Crippen molar-refractivity contribution < 1.29 is 14.6 Å². The van der Waals surface area contributed by atoms with Gasteiger partial charge in [0.2, 0.25) is 0 Å². The van der Waals surface area contributed by atoms with Crippen molar-refractivity contribution in [3.63, 3.8) is 0 Å². The van der Waals surface area contributed by atoms with Gasteiger partial charge in [-0.1, -0.05) is 24.3 Å². The van der Waals surface area contributed by atoms with Crippen LogP contribution in [0.5, 0.6) is 5.75 Å². The first-order valence-corrected chi connectivity index (χ1v) is 7.57. The van der Waals surface area contributed by atoms with Gasteiger partial charge in [0.1, 0.15) is 5.75 Å². The fourth-order valence-corrected chi connectivity index (χ4v) is 2.54. The smallest absolute Gasteiger partial charge is 0.330 e. The molecule has 2 aromatic carbocycles. The molecule has 1 N–H and O–H groups in total. The highest BCUT2D eigenvalue weighted by Crippen LogP contribution is 2.23. The molecule has 3 rings (SSSR count). The number of aromatic nitrogens is 1. The number of carbonyl (C=O) groups excluding carboxylic acids is 1. The van der Waals surface area contributed by atoms with Gasteiger partial charge in [0, 0.05) is 24.1 Å². The van der Waals surface area contributed by atoms with Crippen LogP contribution in [0.25, 0.3) is 16.8 Å². The lowest BCUT2D eigenvalue weighted by molar-refractivity contribution is -0.134. The van der Waals surface area contributed by atoms with Crippen LogP contribution >= 0.6 is 0 Å². The van der Waals surface area contributed by atoms with Gasteiger partial charge in [-0.3, -0.25) is 4.98 Å². The Kier molecular flexibility index (Phi) is 4.57. The molecule has 0 aliphatic carbocycles. The second kappa shape index (κ2) is 6.96. The van der Waals surface area contributed by atoms with E-state index in [0.29, 0.717) is 6.42 Å². The number of benzene rings is 2. The first-order chi connectivity index (χ1) is 11.7. The van der Waals surface area contributed by atoms with Gasteiger partial charge in [-0.2, -0.15) is 0 Å². The summed E-state index contributed by atoms with van der Waals surface area (Å²) in [5, 5.41) is 11.6. The Balaban J connectivity index is 1.82. The molecule has 120 valence electrons. The Morgan fingerprint density at radius 1 is 1.17 bits per heavy atom. The summed E-state index contributed by atoms with van der Waals surface area (Å²) in [4.78, 5) is 15.6. The molecule has 4 nitrogen and oxygen atoms in total. The van der Waals surface area contributed by atoms with Gasteiger partial charge in [-0.05, 0) is 46.9 Å². The summed E-state index contributed by atoms with van der Waals surface area (Å²) in [7, 11) is 1.35. The molecule has 0 spiro atoms. The second-order valence-electron chi connectivity index (χ2n) is 5.44. The van der Waals surface area contributed by atoms with Crippen LogP contribution in [0.4, 0.5) is 0 Å². The van der Waals surface area contributed by atoms with Crippen LogP contribution in [0.2, 0.25) is 0 Å². The van der Waals surface area contributed by atoms with Gasteiger partial charge >= 0.3 is 5.97 Å². The molecule has 0 aliphatic rings. The quantitative estimate of drug-likeness (QED) is 0.588. The van der Waals surface area contributed by atoms with Gasteiger partial charge in [0.25, 0.3) is 0 Å². The number of phenols is 1. The molecular formula is C20H17NO3. The summed E-state index contributed by atoms with van der Waals surface area (Å²) in [6.07, 6.45) is 5.57. The number of methoxy groups -OCH3 is 1. The van der Waals surface area contributed by atoms with Gasteiger partial charge in [0.05, 0.1) is 12.8 Å². The number of nitrogens with zero attached hydrogens (tertiary/aromatic N) is 1. The molecule has 4 heteroatoms. The SMILES string of the molecule is COC(=O)/C=C/c1ccc(Cc2nccc3cc(O)ccc23)cc1. The molecule has 0 amide bonds. The Hall–Kier alpha value is -3.14. The van der Waals surface area contributed by atoms with E-state index in [1.807, 2.05) is 36.4 Å². The molecule has 0 fully saturated rings. The molecular weight excluding hydrogens is 302 g/mol. The predicted octanol–water partition coefficient (Wildman–Crippen LogP) is 3.72. The van der Waals surface area contributed by atoms with Crippen molar-refractivity contribution in [3.05, 3.63) is 77.6 Å². The highest BCUT2D eigenvalue weighted by molar-refractivity contribution is 5.87. The van der Waals surface area contributed by atoms with E-state index < -0.39 is 0 Å². The topological polar surface area (TPSA) is 59.4 Å². The average molecular weight is 319 g/mol. The van der Waals surface area contributed by atoms with Crippen LogP contribution in [0.3, 0.4) is 0 Å². The maximum atomic E-state index is 11.1. The first-order valence-electron chi connectivity index (χ1n) is 7.57. The highest BCUT2D eigenvalue weighted by atomic mass is 16.5. The summed E-state index contributed by atoms with van der Waals surface area (Å²) in [6.45, 7) is 0. The Labute approximate surface area is 140 Å². The third-order valence-corrected chi connectivity index (χ3v) is 3.79. The Bertz CT molecular complexity index is 898.